The summed E-state index contributed by atoms with van der Waals surface area (Å²) in [4.78, 5) is 0. The minimum absolute atomic E-state index is 0. The van der Waals surface area contributed by atoms with Gasteiger partial charge in [-0.3, -0.25) is 0 Å². The van der Waals surface area contributed by atoms with Crippen molar-refractivity contribution in [3.05, 3.63) is 58.6 Å². The average molecular weight is 382 g/mol. The summed E-state index contributed by atoms with van der Waals surface area (Å²) in [5.74, 6) is 0.652. The minimum Gasteiger partial charge on any atom is -0.631 e. The third kappa shape index (κ3) is 7.83. The van der Waals surface area contributed by atoms with E-state index in [0.29, 0.717) is 10.8 Å². The van der Waals surface area contributed by atoms with E-state index in [-0.39, 0.29) is 27.6 Å². The molecule has 109 valence electrons. The zero-order chi connectivity index (χ0) is 15.0. The molecule has 1 radical (unpaired) electrons. The van der Waals surface area contributed by atoms with E-state index in [1.807, 2.05) is 0 Å². The van der Waals surface area contributed by atoms with Crippen LogP contribution in [0.5, 0.6) is 5.75 Å². The Kier molecular flexibility index (Phi) is 10.7. The average Bonchev–Trinajstić information content (AvgIpc) is 2.43. The van der Waals surface area contributed by atoms with E-state index >= 15 is 0 Å². The summed E-state index contributed by atoms with van der Waals surface area (Å²) in [5, 5.41) is 18.2. The van der Waals surface area contributed by atoms with E-state index in [4.69, 9.17) is 38.0 Å². The fourth-order valence-electron chi connectivity index (χ4n) is 1.18. The van der Waals surface area contributed by atoms with Gasteiger partial charge in [0.25, 0.3) is 0 Å². The van der Waals surface area contributed by atoms with E-state index < -0.39 is 7.12 Å². The first kappa shape index (κ1) is 20.4. The molecule has 0 bridgehead atoms. The summed E-state index contributed by atoms with van der Waals surface area (Å²) in [7, 11) is -1.51. The molecule has 0 heterocycles. The summed E-state index contributed by atoms with van der Waals surface area (Å²) in [6.45, 7) is 0. The molecule has 2 rings (SSSR count). The smallest absolute Gasteiger partial charge is 0.631 e. The molecule has 0 saturated heterocycles. The van der Waals surface area contributed by atoms with Crippen LogP contribution in [0, 0.1) is 6.07 Å². The van der Waals surface area contributed by atoms with Crippen LogP contribution in [-0.4, -0.2) is 22.7 Å². The molecule has 0 amide bonds. The first-order chi connectivity index (χ1) is 9.54. The maximum absolute atomic E-state index is 8.66. The molecule has 0 fully saturated rings. The molecule has 0 unspecified atom stereocenters. The van der Waals surface area contributed by atoms with E-state index in [1.165, 1.54) is 6.07 Å². The fraction of sp³-hybridized carbons (Fsp3) is 0. The third-order valence-electron chi connectivity index (χ3n) is 2.09. The number of rotatable bonds is 3. The SMILES string of the molecule is OB(O)c1ccc[c-]c1Cl.S=[C-]Oc1ccc(Cl)cc1.[Mn+2]. The second-order valence-corrected chi connectivity index (χ2v) is 4.43. The van der Waals surface area contributed by atoms with Crippen LogP contribution in [-0.2, 0) is 17.1 Å². The van der Waals surface area contributed by atoms with Crippen LogP contribution in [0.25, 0.3) is 0 Å². The Morgan fingerprint density at radius 3 is 2.19 bits per heavy atom. The van der Waals surface area contributed by atoms with Gasteiger partial charge >= 0.3 is 24.2 Å². The first-order valence-electron chi connectivity index (χ1n) is 5.36. The molecular formula is C13H9BCl2MnO3S. The molecular weight excluding hydrogens is 373 g/mol. The van der Waals surface area contributed by atoms with Crippen LogP contribution in [0.4, 0.5) is 0 Å². The molecule has 0 saturated carbocycles. The fourth-order valence-corrected chi connectivity index (χ4v) is 1.63. The monoisotopic (exact) mass is 381 g/mol. The van der Waals surface area contributed by atoms with Crippen LogP contribution in [0.3, 0.4) is 0 Å². The van der Waals surface area contributed by atoms with Gasteiger partial charge in [-0.05, 0) is 11.3 Å². The summed E-state index contributed by atoms with van der Waals surface area (Å²) in [6.07, 6.45) is 0. The van der Waals surface area contributed by atoms with Gasteiger partial charge in [0.2, 0.25) is 0 Å². The number of halogens is 2. The number of hydrogen-bond donors (Lipinski definition) is 2. The zero-order valence-corrected chi connectivity index (χ0v) is 14.0. The van der Waals surface area contributed by atoms with Crippen molar-refractivity contribution in [1.29, 1.82) is 0 Å². The first-order valence-corrected chi connectivity index (χ1v) is 6.52. The normalized spacial score (nSPS) is 8.76. The molecule has 0 spiro atoms. The van der Waals surface area contributed by atoms with Gasteiger partial charge in [-0.15, -0.1) is 29.2 Å². The Balaban J connectivity index is 0.000000364. The predicted molar refractivity (Wildman–Crippen MR) is 84.8 cm³/mol. The van der Waals surface area contributed by atoms with Crippen LogP contribution in [0.1, 0.15) is 0 Å². The van der Waals surface area contributed by atoms with Gasteiger partial charge in [-0.25, -0.2) is 0 Å². The van der Waals surface area contributed by atoms with Gasteiger partial charge in [-0.2, -0.15) is 36.5 Å². The van der Waals surface area contributed by atoms with Gasteiger partial charge in [0.05, 0.1) is 0 Å². The summed E-state index contributed by atoms with van der Waals surface area (Å²) in [6, 6.07) is 14.3. The van der Waals surface area contributed by atoms with Gasteiger partial charge in [0, 0.05) is 5.02 Å². The molecule has 0 atom stereocenters. The summed E-state index contributed by atoms with van der Waals surface area (Å²) in [5.41, 5.74) is 2.43. The Hall–Kier alpha value is -0.586. The van der Waals surface area contributed by atoms with Crippen molar-refractivity contribution in [2.75, 3.05) is 0 Å². The molecule has 2 aromatic rings. The van der Waals surface area contributed by atoms with Crippen molar-refractivity contribution in [2.24, 2.45) is 0 Å². The second kappa shape index (κ2) is 11.0. The van der Waals surface area contributed by atoms with Crippen molar-refractivity contribution in [1.82, 2.24) is 0 Å². The number of benzene rings is 2. The minimum atomic E-state index is -1.51. The van der Waals surface area contributed by atoms with E-state index in [9.17, 15) is 0 Å². The quantitative estimate of drug-likeness (QED) is 0.487. The number of hydrogen-bond acceptors (Lipinski definition) is 4. The largest absolute Gasteiger partial charge is 2.00 e. The van der Waals surface area contributed by atoms with Gasteiger partial charge in [0.15, 0.2) is 0 Å². The van der Waals surface area contributed by atoms with Gasteiger partial charge in [-0.1, -0.05) is 28.8 Å². The van der Waals surface area contributed by atoms with E-state index in [0.717, 1.165) is 0 Å². The molecule has 2 aromatic carbocycles. The second-order valence-electron chi connectivity index (χ2n) is 3.45. The van der Waals surface area contributed by atoms with Gasteiger partial charge in [0.1, 0.15) is 0 Å². The molecule has 3 nitrogen and oxygen atoms in total. The van der Waals surface area contributed by atoms with Crippen molar-refractivity contribution >= 4 is 53.6 Å². The zero-order valence-electron chi connectivity index (χ0n) is 10.5. The van der Waals surface area contributed by atoms with Crippen molar-refractivity contribution < 1.29 is 31.9 Å². The molecule has 21 heavy (non-hydrogen) atoms. The van der Waals surface area contributed by atoms with Crippen LogP contribution in [0.2, 0.25) is 10.0 Å². The van der Waals surface area contributed by atoms with Crippen LogP contribution in [0.15, 0.2) is 42.5 Å². The molecule has 0 aliphatic carbocycles. The van der Waals surface area contributed by atoms with Crippen molar-refractivity contribution in [3.8, 4) is 5.75 Å². The standard InChI is InChI=1S/C7H4ClOS.C6H5BClO2.Mn/c8-6-1-3-7(4-2-6)9-5-10;8-6-4-2-1-3-5(6)7(9)10;/h1-4H;1-3,9-10H;/q2*-1;+2. The predicted octanol–water partition coefficient (Wildman–Crippen LogP) is 2.37. The molecule has 0 aromatic heterocycles. The maximum atomic E-state index is 8.66. The topological polar surface area (TPSA) is 49.7 Å². The molecule has 0 aliphatic rings. The summed E-state index contributed by atoms with van der Waals surface area (Å²) < 4.78 is 4.77. The summed E-state index contributed by atoms with van der Waals surface area (Å²) >= 11 is 15.5. The molecule has 8 heteroatoms. The third-order valence-corrected chi connectivity index (χ3v) is 2.75. The molecule has 0 aliphatic heterocycles. The van der Waals surface area contributed by atoms with Gasteiger partial charge < -0.3 is 14.8 Å². The Morgan fingerprint density at radius 1 is 1.14 bits per heavy atom. The van der Waals surface area contributed by atoms with Crippen LogP contribution < -0.4 is 10.2 Å². The Bertz CT molecular complexity index is 555. The Labute approximate surface area is 149 Å². The number of ether oxygens (including phenoxy) is 1. The maximum Gasteiger partial charge on any atom is 2.00 e. The van der Waals surface area contributed by atoms with E-state index in [2.05, 4.69) is 23.8 Å². The van der Waals surface area contributed by atoms with E-state index in [1.54, 1.807) is 36.4 Å². The van der Waals surface area contributed by atoms with Crippen molar-refractivity contribution in [2.45, 2.75) is 0 Å². The van der Waals surface area contributed by atoms with Crippen LogP contribution >= 0.6 is 35.4 Å². The van der Waals surface area contributed by atoms with Crippen molar-refractivity contribution in [3.63, 3.8) is 0 Å². The molecule has 2 N–H and O–H groups in total. The number of thiocarbonyl (C=S) groups is 1. The Morgan fingerprint density at radius 2 is 1.76 bits per heavy atom.